The first-order valence-corrected chi connectivity index (χ1v) is 9.50. The van der Waals surface area contributed by atoms with Crippen molar-refractivity contribution in [2.24, 2.45) is 0 Å². The second-order valence-electron chi connectivity index (χ2n) is 5.90. The molecule has 4 heterocycles. The molecule has 0 aliphatic carbocycles. The normalized spacial score (nSPS) is 15.3. The van der Waals surface area contributed by atoms with Crippen molar-refractivity contribution in [3.8, 4) is 10.4 Å². The molecule has 25 heavy (non-hydrogen) atoms. The van der Waals surface area contributed by atoms with Crippen molar-refractivity contribution in [2.45, 2.75) is 25.7 Å². The maximum Gasteiger partial charge on any atom is 0.451 e. The number of nitrogens with zero attached hydrogens (tertiary/aromatic N) is 3. The summed E-state index contributed by atoms with van der Waals surface area (Å²) < 4.78 is 38.1. The highest BCUT2D eigenvalue weighted by atomic mass is 32.1. The summed E-state index contributed by atoms with van der Waals surface area (Å²) >= 11 is 3.43. The Bertz CT molecular complexity index is 872. The molecule has 130 valence electrons. The fourth-order valence-corrected chi connectivity index (χ4v) is 4.67. The van der Waals surface area contributed by atoms with E-state index in [0.717, 1.165) is 12.1 Å². The largest absolute Gasteiger partial charge is 0.451 e. The molecular formula is C17H14F3N3S2. The lowest BCUT2D eigenvalue weighted by Crippen LogP contribution is -2.31. The van der Waals surface area contributed by atoms with Gasteiger partial charge in [-0.25, -0.2) is 9.97 Å². The molecule has 3 aromatic heterocycles. The van der Waals surface area contributed by atoms with Gasteiger partial charge in [0.05, 0.1) is 5.69 Å². The summed E-state index contributed by atoms with van der Waals surface area (Å²) in [5.74, 6) is -1.04. The zero-order valence-corrected chi connectivity index (χ0v) is 14.7. The Morgan fingerprint density at radius 1 is 1.20 bits per heavy atom. The molecule has 0 amide bonds. The quantitative estimate of drug-likeness (QED) is 0.650. The standard InChI is InChI=1S/C17H14F3N3S2/c18-17(19,20)16-21-7-12-8-23(5-3-14(12)22-16)9-13-1-2-15(25-13)11-4-6-24-10-11/h1-2,4,6-7,10H,3,5,8-9H2. The van der Waals surface area contributed by atoms with Gasteiger partial charge in [0.15, 0.2) is 0 Å². The van der Waals surface area contributed by atoms with Crippen LogP contribution >= 0.6 is 22.7 Å². The molecule has 0 spiro atoms. The third-order valence-electron chi connectivity index (χ3n) is 4.11. The summed E-state index contributed by atoms with van der Waals surface area (Å²) in [5.41, 5.74) is 2.54. The molecule has 0 saturated carbocycles. The Morgan fingerprint density at radius 2 is 2.08 bits per heavy atom. The third kappa shape index (κ3) is 3.61. The van der Waals surface area contributed by atoms with Crippen molar-refractivity contribution in [1.29, 1.82) is 0 Å². The molecule has 3 aromatic rings. The Labute approximate surface area is 150 Å². The molecule has 8 heteroatoms. The minimum absolute atomic E-state index is 0.517. The van der Waals surface area contributed by atoms with Gasteiger partial charge in [0.25, 0.3) is 0 Å². The number of rotatable bonds is 3. The van der Waals surface area contributed by atoms with Crippen LogP contribution in [0.2, 0.25) is 0 Å². The van der Waals surface area contributed by atoms with Gasteiger partial charge in [0.2, 0.25) is 5.82 Å². The molecule has 0 atom stereocenters. The number of halogens is 3. The van der Waals surface area contributed by atoms with E-state index in [-0.39, 0.29) is 0 Å². The van der Waals surface area contributed by atoms with Crippen molar-refractivity contribution in [2.75, 3.05) is 6.54 Å². The lowest BCUT2D eigenvalue weighted by molar-refractivity contribution is -0.145. The number of fused-ring (bicyclic) bond motifs is 1. The minimum Gasteiger partial charge on any atom is -0.293 e. The van der Waals surface area contributed by atoms with Crippen LogP contribution < -0.4 is 0 Å². The second kappa shape index (κ2) is 6.51. The molecule has 1 aliphatic heterocycles. The van der Waals surface area contributed by atoms with E-state index in [1.165, 1.54) is 21.5 Å². The zero-order chi connectivity index (χ0) is 17.4. The van der Waals surface area contributed by atoms with Crippen LogP contribution in [0.5, 0.6) is 0 Å². The average Bonchev–Trinajstić information content (AvgIpc) is 3.24. The maximum atomic E-state index is 12.7. The van der Waals surface area contributed by atoms with Crippen LogP contribution in [-0.4, -0.2) is 21.4 Å². The molecule has 1 aliphatic rings. The predicted molar refractivity (Wildman–Crippen MR) is 92.5 cm³/mol. The lowest BCUT2D eigenvalue weighted by Gasteiger charge is -2.27. The number of aromatic nitrogens is 2. The van der Waals surface area contributed by atoms with Crippen LogP contribution in [0.3, 0.4) is 0 Å². The van der Waals surface area contributed by atoms with Crippen molar-refractivity contribution in [1.82, 2.24) is 14.9 Å². The second-order valence-corrected chi connectivity index (χ2v) is 7.85. The van der Waals surface area contributed by atoms with Crippen LogP contribution in [0.4, 0.5) is 13.2 Å². The molecule has 0 radical (unpaired) electrons. The van der Waals surface area contributed by atoms with Crippen molar-refractivity contribution in [3.05, 3.63) is 57.1 Å². The first-order chi connectivity index (χ1) is 12.0. The fourth-order valence-electron chi connectivity index (χ4n) is 2.89. The topological polar surface area (TPSA) is 29.0 Å². The van der Waals surface area contributed by atoms with Gasteiger partial charge in [-0.1, -0.05) is 0 Å². The smallest absolute Gasteiger partial charge is 0.293 e. The van der Waals surface area contributed by atoms with Crippen molar-refractivity contribution >= 4 is 22.7 Å². The predicted octanol–water partition coefficient (Wildman–Crippen LogP) is 4.84. The van der Waals surface area contributed by atoms with Crippen LogP contribution in [0.1, 0.15) is 22.0 Å². The van der Waals surface area contributed by atoms with E-state index in [0.29, 0.717) is 25.2 Å². The minimum atomic E-state index is -4.48. The van der Waals surface area contributed by atoms with Gasteiger partial charge in [-0.05, 0) is 29.0 Å². The molecule has 4 rings (SSSR count). The van der Waals surface area contributed by atoms with Crippen LogP contribution in [0.25, 0.3) is 10.4 Å². The molecular weight excluding hydrogens is 367 g/mol. The van der Waals surface area contributed by atoms with E-state index in [2.05, 4.69) is 43.8 Å². The number of hydrogen-bond donors (Lipinski definition) is 0. The fraction of sp³-hybridized carbons (Fsp3) is 0.294. The summed E-state index contributed by atoms with van der Waals surface area (Å²) in [6.07, 6.45) is -2.65. The van der Waals surface area contributed by atoms with Gasteiger partial charge in [-0.3, -0.25) is 4.90 Å². The number of alkyl halides is 3. The van der Waals surface area contributed by atoms with Crippen LogP contribution in [0.15, 0.2) is 35.2 Å². The van der Waals surface area contributed by atoms with Gasteiger partial charge < -0.3 is 0 Å². The molecule has 0 saturated heterocycles. The van der Waals surface area contributed by atoms with E-state index in [1.54, 1.807) is 22.7 Å². The summed E-state index contributed by atoms with van der Waals surface area (Å²) in [6, 6.07) is 6.35. The van der Waals surface area contributed by atoms with Crippen molar-refractivity contribution in [3.63, 3.8) is 0 Å². The lowest BCUT2D eigenvalue weighted by atomic mass is 10.1. The molecule has 0 bridgehead atoms. The first-order valence-electron chi connectivity index (χ1n) is 7.75. The van der Waals surface area contributed by atoms with Gasteiger partial charge in [-0.2, -0.15) is 24.5 Å². The third-order valence-corrected chi connectivity index (χ3v) is 5.92. The van der Waals surface area contributed by atoms with Gasteiger partial charge in [-0.15, -0.1) is 11.3 Å². The van der Waals surface area contributed by atoms with Gasteiger partial charge in [0, 0.05) is 53.1 Å². The van der Waals surface area contributed by atoms with Crippen LogP contribution in [0, 0.1) is 0 Å². The highest BCUT2D eigenvalue weighted by Crippen LogP contribution is 2.31. The Kier molecular flexibility index (Phi) is 4.35. The summed E-state index contributed by atoms with van der Waals surface area (Å²) in [7, 11) is 0. The molecule has 0 fully saturated rings. The SMILES string of the molecule is FC(F)(F)c1ncc2c(n1)CCN(Cc1ccc(-c3ccsc3)s1)C2. The summed E-state index contributed by atoms with van der Waals surface area (Å²) in [6.45, 7) is 2.07. The van der Waals surface area contributed by atoms with E-state index >= 15 is 0 Å². The van der Waals surface area contributed by atoms with E-state index < -0.39 is 12.0 Å². The summed E-state index contributed by atoms with van der Waals surface area (Å²) in [4.78, 5) is 11.9. The zero-order valence-electron chi connectivity index (χ0n) is 13.1. The highest BCUT2D eigenvalue weighted by Gasteiger charge is 2.35. The molecule has 3 nitrogen and oxygen atoms in total. The van der Waals surface area contributed by atoms with Gasteiger partial charge in [0.1, 0.15) is 0 Å². The Hall–Kier alpha value is -1.77. The molecule has 0 aromatic carbocycles. The van der Waals surface area contributed by atoms with Gasteiger partial charge >= 0.3 is 6.18 Å². The molecule has 0 N–H and O–H groups in total. The van der Waals surface area contributed by atoms with E-state index in [1.807, 2.05) is 0 Å². The number of hydrogen-bond acceptors (Lipinski definition) is 5. The summed E-state index contributed by atoms with van der Waals surface area (Å²) in [5, 5.41) is 4.19. The molecule has 0 unspecified atom stereocenters. The Morgan fingerprint density at radius 3 is 2.84 bits per heavy atom. The highest BCUT2D eigenvalue weighted by molar-refractivity contribution is 7.16. The van der Waals surface area contributed by atoms with Crippen molar-refractivity contribution < 1.29 is 13.2 Å². The average molecular weight is 381 g/mol. The maximum absolute atomic E-state index is 12.7. The first kappa shape index (κ1) is 16.7. The number of thiophene rings is 2. The monoisotopic (exact) mass is 381 g/mol. The van der Waals surface area contributed by atoms with E-state index in [4.69, 9.17) is 0 Å². The van der Waals surface area contributed by atoms with E-state index in [9.17, 15) is 13.2 Å². The Balaban J connectivity index is 1.46. The van der Waals surface area contributed by atoms with Crippen LogP contribution in [-0.2, 0) is 25.7 Å².